The molecule has 0 bridgehead atoms. The lowest BCUT2D eigenvalue weighted by molar-refractivity contribution is -0.159. The maximum absolute atomic E-state index is 12.7. The summed E-state index contributed by atoms with van der Waals surface area (Å²) in [5.74, 6) is -12.6. The number of anilines is 2. The van der Waals surface area contributed by atoms with Crippen molar-refractivity contribution in [2.75, 3.05) is 102 Å². The molecule has 0 spiro atoms. The van der Waals surface area contributed by atoms with Crippen LogP contribution in [0.4, 0.5) is 11.4 Å². The van der Waals surface area contributed by atoms with Crippen LogP contribution in [-0.2, 0) is 60.8 Å². The molecule has 0 saturated carbocycles. The number of hydrogen-bond acceptors (Lipinski definition) is 16. The lowest BCUT2D eigenvalue weighted by Gasteiger charge is -2.38. The Morgan fingerprint density at radius 3 is 0.851 bits per heavy atom. The quantitative estimate of drug-likeness (QED) is 0.0581. The van der Waals surface area contributed by atoms with Gasteiger partial charge < -0.3 is 75.4 Å². The maximum Gasteiger partial charge on any atom is 0.414 e. The van der Waals surface area contributed by atoms with Crippen LogP contribution in [0, 0.1) is 0 Å². The number of hydrogen-bond donors (Lipinski definition) is 8. The van der Waals surface area contributed by atoms with Gasteiger partial charge in [-0.25, -0.2) is 38.4 Å². The van der Waals surface area contributed by atoms with E-state index in [1.165, 1.54) is 11.1 Å². The summed E-state index contributed by atoms with van der Waals surface area (Å²) in [5, 5.41) is 59.1. The highest BCUT2D eigenvalue weighted by Crippen LogP contribution is 2.25. The monoisotopic (exact) mass is 1220 g/mol. The van der Waals surface area contributed by atoms with E-state index in [4.69, 9.17) is 88.7 Å². The molecular weight excluding hydrogens is 1140 g/mol. The Morgan fingerprint density at radius 2 is 0.632 bits per heavy atom. The second-order valence-corrected chi connectivity index (χ2v) is 19.0. The van der Waals surface area contributed by atoms with Crippen molar-refractivity contribution in [2.24, 2.45) is 0 Å². The molecule has 0 radical (unpaired) electrons. The van der Waals surface area contributed by atoms with E-state index in [-0.39, 0.29) is 29.4 Å². The van der Waals surface area contributed by atoms with E-state index >= 15 is 0 Å². The van der Waals surface area contributed by atoms with Gasteiger partial charge >= 0.3 is 47.8 Å². The third-order valence-electron chi connectivity index (χ3n) is 12.7. The predicted octanol–water partition coefficient (Wildman–Crippen LogP) is 3.95. The Labute approximate surface area is 505 Å². The average Bonchev–Trinajstić information content (AvgIpc) is 3.66. The Morgan fingerprint density at radius 1 is 0.391 bits per heavy atom. The number of nitrogens with zero attached hydrogens (tertiary/aromatic N) is 6. The largest absolute Gasteiger partial charge is 0.494 e. The van der Waals surface area contributed by atoms with E-state index in [1.807, 2.05) is 86.0 Å². The first-order valence-corrected chi connectivity index (χ1v) is 27.7. The van der Waals surface area contributed by atoms with E-state index in [0.29, 0.717) is 26.1 Å². The molecule has 2 aliphatic heterocycles. The molecule has 6 rings (SSSR count). The van der Waals surface area contributed by atoms with Gasteiger partial charge in [0.15, 0.2) is 0 Å². The normalized spacial score (nSPS) is 13.5. The molecule has 2 aliphatic rings. The first kappa shape index (κ1) is 78.0. The summed E-state index contributed by atoms with van der Waals surface area (Å²) >= 11 is 0. The zero-order valence-electron chi connectivity index (χ0n) is 49.9. The minimum absolute atomic E-state index is 0. The number of rotatable bonds is 20. The molecule has 10 N–H and O–H groups in total. The lowest BCUT2D eigenvalue weighted by atomic mass is 10.1. The van der Waals surface area contributed by atoms with Crippen LogP contribution >= 0.6 is 0 Å². The second-order valence-electron chi connectivity index (χ2n) is 19.0. The summed E-state index contributed by atoms with van der Waals surface area (Å²) in [4.78, 5) is 112. The molecule has 480 valence electrons. The van der Waals surface area contributed by atoms with E-state index < -0.39 is 47.8 Å². The Balaban J connectivity index is 0.00000123. The van der Waals surface area contributed by atoms with Gasteiger partial charge in [-0.2, -0.15) is 0 Å². The van der Waals surface area contributed by atoms with E-state index in [0.717, 1.165) is 114 Å². The van der Waals surface area contributed by atoms with Crippen LogP contribution in [0.1, 0.15) is 65.5 Å². The van der Waals surface area contributed by atoms with Crippen LogP contribution in [0.15, 0.2) is 109 Å². The van der Waals surface area contributed by atoms with Crippen molar-refractivity contribution >= 4 is 70.9 Å². The van der Waals surface area contributed by atoms with Crippen LogP contribution in [0.5, 0.6) is 11.5 Å². The molecule has 4 aromatic carbocycles. The molecule has 0 aliphatic carbocycles. The summed E-state index contributed by atoms with van der Waals surface area (Å²) in [5.41, 5.74) is 4.71. The Hall–Kier alpha value is -9.02. The number of piperazine rings is 2. The number of carbonyl (C=O) groups excluding carboxylic acids is 2. The highest BCUT2D eigenvalue weighted by molar-refractivity contribution is 6.28. The smallest absolute Gasteiger partial charge is 0.414 e. The Kier molecular flexibility index (Phi) is 39.1. The van der Waals surface area contributed by atoms with Crippen molar-refractivity contribution in [1.29, 1.82) is 0 Å². The lowest BCUT2D eigenvalue weighted by Crippen LogP contribution is -2.52. The van der Waals surface area contributed by atoms with Gasteiger partial charge in [0.2, 0.25) is 11.8 Å². The van der Waals surface area contributed by atoms with Gasteiger partial charge in [0.05, 0.1) is 13.2 Å². The van der Waals surface area contributed by atoms with Crippen LogP contribution in [0.25, 0.3) is 0 Å². The van der Waals surface area contributed by atoms with Crippen molar-refractivity contribution in [2.45, 2.75) is 79.3 Å². The zero-order chi connectivity index (χ0) is 64.7. The van der Waals surface area contributed by atoms with Gasteiger partial charge in [-0.15, -0.1) is 0 Å². The maximum atomic E-state index is 12.7. The molecular formula is C60H84N6O21. The number of benzene rings is 4. The van der Waals surface area contributed by atoms with Crippen molar-refractivity contribution < 1.29 is 104 Å². The molecule has 2 heterocycles. The standard InChI is InChI=1S/2C26H37N3O2.4C2H2O4.H2O/c2*1-4-26(30)29(24-11-13-25(14-12-24)31-5-2)22(3)21-28-19-17-27(18-20-28)16-15-23-9-7-6-8-10-23;4*3-1(4)2(5)6;/h2*6-14,22H,4-5,15-21H2,1-3H3;4*(H,3,4)(H,5,6);1H2. The van der Waals surface area contributed by atoms with Gasteiger partial charge in [0.25, 0.3) is 0 Å². The molecule has 2 amide bonds. The van der Waals surface area contributed by atoms with Gasteiger partial charge in [-0.3, -0.25) is 19.4 Å². The van der Waals surface area contributed by atoms with Crippen LogP contribution < -0.4 is 19.3 Å². The van der Waals surface area contributed by atoms with Crippen LogP contribution in [-0.4, -0.2) is 229 Å². The van der Waals surface area contributed by atoms with Crippen LogP contribution in [0.3, 0.4) is 0 Å². The summed E-state index contributed by atoms with van der Waals surface area (Å²) < 4.78 is 11.1. The minimum Gasteiger partial charge on any atom is -0.494 e. The molecule has 27 nitrogen and oxygen atoms in total. The third-order valence-corrected chi connectivity index (χ3v) is 12.7. The SMILES string of the molecule is CCOc1ccc(N(C(=O)CC)C(C)CN2CCN(CCc3ccccc3)CC2)cc1.CCOc1ccc(N(C(=O)CC)C(C)CN2CCN(CCc3ccccc3)CC2)cc1.O.O=C(O)C(=O)O.O=C(O)C(=O)O.O=C(O)C(=O)O.O=C(O)C(=O)O. The Bertz CT molecular complexity index is 2420. The molecule has 87 heavy (non-hydrogen) atoms. The van der Waals surface area contributed by atoms with Gasteiger partial charge in [-0.05, 0) is 100 Å². The van der Waals surface area contributed by atoms with Crippen LogP contribution in [0.2, 0.25) is 0 Å². The molecule has 2 saturated heterocycles. The topological polar surface area (TPSA) is 402 Å². The first-order valence-electron chi connectivity index (χ1n) is 27.7. The fourth-order valence-electron chi connectivity index (χ4n) is 8.53. The van der Waals surface area contributed by atoms with Gasteiger partial charge in [0, 0.05) is 115 Å². The first-order chi connectivity index (χ1) is 40.8. The van der Waals surface area contributed by atoms with E-state index in [1.54, 1.807) is 0 Å². The summed E-state index contributed by atoms with van der Waals surface area (Å²) in [7, 11) is 0. The summed E-state index contributed by atoms with van der Waals surface area (Å²) in [6.07, 6.45) is 3.22. The van der Waals surface area contributed by atoms with Crippen molar-refractivity contribution in [3.8, 4) is 11.5 Å². The third kappa shape index (κ3) is 32.7. The number of ether oxygens (including phenoxy) is 2. The molecule has 0 aromatic heterocycles. The van der Waals surface area contributed by atoms with Gasteiger partial charge in [-0.1, -0.05) is 74.5 Å². The molecule has 2 fully saturated rings. The highest BCUT2D eigenvalue weighted by atomic mass is 16.5. The van der Waals surface area contributed by atoms with Gasteiger partial charge in [0.1, 0.15) is 11.5 Å². The van der Waals surface area contributed by atoms with E-state index in [2.05, 4.69) is 94.1 Å². The highest BCUT2D eigenvalue weighted by Gasteiger charge is 2.27. The second kappa shape index (κ2) is 43.6. The number of carboxylic acids is 8. The van der Waals surface area contributed by atoms with Crippen molar-refractivity contribution in [1.82, 2.24) is 19.6 Å². The summed E-state index contributed by atoms with van der Waals surface area (Å²) in [6.45, 7) is 26.0. The minimum atomic E-state index is -1.82. The van der Waals surface area contributed by atoms with Crippen molar-refractivity contribution in [3.05, 3.63) is 120 Å². The molecule has 2 atom stereocenters. The molecule has 2 unspecified atom stereocenters. The number of aliphatic carboxylic acids is 8. The summed E-state index contributed by atoms with van der Waals surface area (Å²) in [6, 6.07) is 37.5. The predicted molar refractivity (Wildman–Crippen MR) is 320 cm³/mol. The number of carboxylic acid groups (broad SMARTS) is 8. The fourth-order valence-corrected chi connectivity index (χ4v) is 8.53. The van der Waals surface area contributed by atoms with Crippen molar-refractivity contribution in [3.63, 3.8) is 0 Å². The zero-order valence-corrected chi connectivity index (χ0v) is 49.9. The molecule has 4 aromatic rings. The number of carbonyl (C=O) groups is 10. The molecule has 27 heteroatoms. The fraction of sp³-hybridized carbons (Fsp3) is 0.433. The van der Waals surface area contributed by atoms with E-state index in [9.17, 15) is 9.59 Å². The average molecular weight is 1230 g/mol. The number of amides is 2.